The van der Waals surface area contributed by atoms with Crippen molar-refractivity contribution in [1.29, 1.82) is 0 Å². The molecule has 120 valence electrons. The van der Waals surface area contributed by atoms with Gasteiger partial charge in [-0.25, -0.2) is 0 Å². The van der Waals surface area contributed by atoms with Crippen LogP contribution in [0.5, 0.6) is 11.5 Å². The van der Waals surface area contributed by atoms with Crippen molar-refractivity contribution >= 4 is 11.8 Å². The third-order valence-corrected chi connectivity index (χ3v) is 6.49. The van der Waals surface area contributed by atoms with Crippen molar-refractivity contribution in [2.75, 3.05) is 0 Å². The van der Waals surface area contributed by atoms with Crippen LogP contribution in [-0.2, 0) is 0 Å². The Labute approximate surface area is 142 Å². The fourth-order valence-electron chi connectivity index (χ4n) is 3.55. The van der Waals surface area contributed by atoms with Crippen LogP contribution < -0.4 is 9.47 Å². The van der Waals surface area contributed by atoms with Crippen molar-refractivity contribution in [2.24, 2.45) is 0 Å². The van der Waals surface area contributed by atoms with Gasteiger partial charge < -0.3 is 9.47 Å². The van der Waals surface area contributed by atoms with Gasteiger partial charge in [-0.1, -0.05) is 36.4 Å². The maximum atomic E-state index is 6.23. The molecule has 2 aliphatic heterocycles. The van der Waals surface area contributed by atoms with Gasteiger partial charge in [0, 0.05) is 10.5 Å². The average molecular weight is 326 g/mol. The first kappa shape index (κ1) is 14.9. The van der Waals surface area contributed by atoms with Crippen molar-refractivity contribution in [3.63, 3.8) is 0 Å². The molecule has 0 radical (unpaired) electrons. The van der Waals surface area contributed by atoms with Gasteiger partial charge in [0.05, 0.1) is 0 Å². The molecule has 0 aromatic heterocycles. The van der Waals surface area contributed by atoms with Crippen LogP contribution in [0.25, 0.3) is 0 Å². The van der Waals surface area contributed by atoms with Crippen LogP contribution >= 0.6 is 11.8 Å². The van der Waals surface area contributed by atoms with Gasteiger partial charge in [0.15, 0.2) is 0 Å². The second kappa shape index (κ2) is 6.88. The van der Waals surface area contributed by atoms with E-state index in [0.29, 0.717) is 22.7 Å². The molecule has 2 aliphatic rings. The molecule has 0 saturated carbocycles. The second-order valence-corrected chi connectivity index (χ2v) is 7.79. The van der Waals surface area contributed by atoms with E-state index < -0.39 is 0 Å². The molecule has 3 heteroatoms. The molecule has 4 rings (SSSR count). The first-order chi connectivity index (χ1) is 11.4. The smallest absolute Gasteiger partial charge is 0.119 e. The molecule has 2 heterocycles. The van der Waals surface area contributed by atoms with Crippen LogP contribution in [0.3, 0.4) is 0 Å². The monoisotopic (exact) mass is 326 g/mol. The molecule has 0 amide bonds. The first-order valence-electron chi connectivity index (χ1n) is 8.47. The highest BCUT2D eigenvalue weighted by Crippen LogP contribution is 2.44. The van der Waals surface area contributed by atoms with Crippen LogP contribution in [0.4, 0.5) is 0 Å². The van der Waals surface area contributed by atoms with Crippen molar-refractivity contribution in [3.05, 3.63) is 60.7 Å². The molecular weight excluding hydrogens is 304 g/mol. The Kier molecular flexibility index (Phi) is 4.47. The summed E-state index contributed by atoms with van der Waals surface area (Å²) in [6.45, 7) is 0. The van der Waals surface area contributed by atoms with E-state index in [0.717, 1.165) is 24.3 Å². The first-order valence-corrected chi connectivity index (χ1v) is 9.41. The molecule has 2 fully saturated rings. The summed E-state index contributed by atoms with van der Waals surface area (Å²) in [7, 11) is 0. The molecule has 2 bridgehead atoms. The van der Waals surface area contributed by atoms with E-state index in [1.165, 1.54) is 12.8 Å². The van der Waals surface area contributed by atoms with Crippen LogP contribution in [0.2, 0.25) is 0 Å². The van der Waals surface area contributed by atoms with Crippen LogP contribution in [0.1, 0.15) is 25.7 Å². The molecule has 4 atom stereocenters. The standard InChI is InChI=1S/C20H22O2S/c1-3-7-15(8-4-1)21-17-11-13-20-18(12-14-19(17)23-20)22-16-9-5-2-6-10-16/h1-10,17-20H,11-14H2/t17-,18-,19-,20-/m1/s1. The molecule has 0 spiro atoms. The highest BCUT2D eigenvalue weighted by Gasteiger charge is 2.41. The number of hydrogen-bond acceptors (Lipinski definition) is 3. The molecule has 2 aromatic rings. The Hall–Kier alpha value is -1.61. The summed E-state index contributed by atoms with van der Waals surface area (Å²) < 4.78 is 12.5. The summed E-state index contributed by atoms with van der Waals surface area (Å²) in [6, 6.07) is 20.5. The number of fused-ring (bicyclic) bond motifs is 2. The van der Waals surface area contributed by atoms with E-state index in [2.05, 4.69) is 36.0 Å². The number of benzene rings is 2. The Balaban J connectivity index is 1.37. The lowest BCUT2D eigenvalue weighted by Crippen LogP contribution is -2.46. The topological polar surface area (TPSA) is 18.5 Å². The number of rotatable bonds is 4. The maximum Gasteiger partial charge on any atom is 0.119 e. The van der Waals surface area contributed by atoms with E-state index in [1.807, 2.05) is 36.4 Å². The van der Waals surface area contributed by atoms with E-state index in [-0.39, 0.29) is 0 Å². The van der Waals surface area contributed by atoms with Crippen molar-refractivity contribution < 1.29 is 9.47 Å². The van der Waals surface area contributed by atoms with Gasteiger partial charge in [0.1, 0.15) is 23.7 Å². The van der Waals surface area contributed by atoms with Gasteiger partial charge in [-0.3, -0.25) is 0 Å². The minimum Gasteiger partial charge on any atom is -0.489 e. The van der Waals surface area contributed by atoms with E-state index >= 15 is 0 Å². The molecular formula is C20H22O2S. The number of para-hydroxylation sites is 2. The fourth-order valence-corrected chi connectivity index (χ4v) is 5.28. The summed E-state index contributed by atoms with van der Waals surface area (Å²) in [6.07, 6.45) is 5.30. The number of ether oxygens (including phenoxy) is 2. The van der Waals surface area contributed by atoms with Gasteiger partial charge in [-0.05, 0) is 49.9 Å². The zero-order chi connectivity index (χ0) is 15.5. The van der Waals surface area contributed by atoms with Crippen LogP contribution in [0, 0.1) is 0 Å². The Morgan fingerprint density at radius 3 is 1.48 bits per heavy atom. The third kappa shape index (κ3) is 3.50. The molecule has 0 unspecified atom stereocenters. The molecule has 0 aliphatic carbocycles. The van der Waals surface area contributed by atoms with Crippen molar-refractivity contribution in [2.45, 2.75) is 48.4 Å². The summed E-state index contributed by atoms with van der Waals surface area (Å²) in [5.74, 6) is 2.00. The lowest BCUT2D eigenvalue weighted by atomic mass is 9.94. The maximum absolute atomic E-state index is 6.23. The van der Waals surface area contributed by atoms with Gasteiger partial charge in [-0.15, -0.1) is 11.8 Å². The van der Waals surface area contributed by atoms with Crippen molar-refractivity contribution in [3.8, 4) is 11.5 Å². The second-order valence-electron chi connectivity index (χ2n) is 6.31. The zero-order valence-corrected chi connectivity index (χ0v) is 14.0. The minimum atomic E-state index is 0.344. The number of thioether (sulfide) groups is 1. The Bertz CT molecular complexity index is 561. The minimum absolute atomic E-state index is 0.344. The molecule has 23 heavy (non-hydrogen) atoms. The summed E-state index contributed by atoms with van der Waals surface area (Å²) in [5.41, 5.74) is 0. The van der Waals surface area contributed by atoms with Gasteiger partial charge >= 0.3 is 0 Å². The number of hydrogen-bond donors (Lipinski definition) is 0. The van der Waals surface area contributed by atoms with Gasteiger partial charge in [0.25, 0.3) is 0 Å². The SMILES string of the molecule is c1ccc(O[C@@H]2CC[C@H]3S[C@@H]2CC[C@H]3Oc2ccccc2)cc1. The quantitative estimate of drug-likeness (QED) is 0.793. The highest BCUT2D eigenvalue weighted by molar-refractivity contribution is 8.00. The Morgan fingerprint density at radius 2 is 1.04 bits per heavy atom. The van der Waals surface area contributed by atoms with Gasteiger partial charge in [0.2, 0.25) is 0 Å². The predicted molar refractivity (Wildman–Crippen MR) is 95.4 cm³/mol. The molecule has 0 N–H and O–H groups in total. The molecule has 2 aromatic carbocycles. The van der Waals surface area contributed by atoms with E-state index in [1.54, 1.807) is 0 Å². The van der Waals surface area contributed by atoms with Crippen LogP contribution in [-0.4, -0.2) is 22.7 Å². The van der Waals surface area contributed by atoms with E-state index in [4.69, 9.17) is 9.47 Å². The van der Waals surface area contributed by atoms with Crippen LogP contribution in [0.15, 0.2) is 60.7 Å². The summed E-state index contributed by atoms with van der Waals surface area (Å²) in [4.78, 5) is 0. The summed E-state index contributed by atoms with van der Waals surface area (Å²) >= 11 is 2.08. The molecule has 2 saturated heterocycles. The highest BCUT2D eigenvalue weighted by atomic mass is 32.2. The summed E-state index contributed by atoms with van der Waals surface area (Å²) in [5, 5.41) is 1.20. The predicted octanol–water partition coefficient (Wildman–Crippen LogP) is 4.94. The van der Waals surface area contributed by atoms with E-state index in [9.17, 15) is 0 Å². The average Bonchev–Trinajstić information content (AvgIpc) is 2.61. The lowest BCUT2D eigenvalue weighted by Gasteiger charge is -2.43. The fraction of sp³-hybridized carbons (Fsp3) is 0.400. The molecule has 2 nitrogen and oxygen atoms in total. The largest absolute Gasteiger partial charge is 0.489 e. The Morgan fingerprint density at radius 1 is 0.609 bits per heavy atom. The third-order valence-electron chi connectivity index (χ3n) is 4.71. The van der Waals surface area contributed by atoms with Gasteiger partial charge in [-0.2, -0.15) is 0 Å². The normalized spacial score (nSPS) is 29.7. The lowest BCUT2D eigenvalue weighted by molar-refractivity contribution is 0.116. The van der Waals surface area contributed by atoms with Crippen molar-refractivity contribution in [1.82, 2.24) is 0 Å². The zero-order valence-electron chi connectivity index (χ0n) is 13.1.